The SMILES string of the molecule is NOC(Cc1cnc2ccccc2c1)C(=O)O. The molecule has 1 unspecified atom stereocenters. The van der Waals surface area contributed by atoms with E-state index < -0.39 is 12.1 Å². The molecule has 88 valence electrons. The number of para-hydroxylation sites is 1. The van der Waals surface area contributed by atoms with Gasteiger partial charge in [0, 0.05) is 18.0 Å². The molecule has 0 fully saturated rings. The molecule has 0 aliphatic rings. The van der Waals surface area contributed by atoms with Crippen molar-refractivity contribution in [3.63, 3.8) is 0 Å². The first-order chi connectivity index (χ1) is 8.20. The molecule has 5 nitrogen and oxygen atoms in total. The van der Waals surface area contributed by atoms with E-state index in [1.807, 2.05) is 30.3 Å². The van der Waals surface area contributed by atoms with Crippen LogP contribution in [-0.2, 0) is 16.1 Å². The molecule has 1 aromatic carbocycles. The molecule has 0 bridgehead atoms. The zero-order valence-corrected chi connectivity index (χ0v) is 9.04. The summed E-state index contributed by atoms with van der Waals surface area (Å²) in [5.74, 6) is 3.85. The van der Waals surface area contributed by atoms with Gasteiger partial charge in [0.15, 0.2) is 6.10 Å². The molecule has 0 radical (unpaired) electrons. The van der Waals surface area contributed by atoms with E-state index in [0.717, 1.165) is 16.5 Å². The number of fused-ring (bicyclic) bond motifs is 1. The number of hydrogen-bond acceptors (Lipinski definition) is 4. The molecule has 2 aromatic rings. The Labute approximate surface area is 97.8 Å². The highest BCUT2D eigenvalue weighted by molar-refractivity contribution is 5.79. The van der Waals surface area contributed by atoms with Crippen molar-refractivity contribution < 1.29 is 14.7 Å². The number of carboxylic acid groups (broad SMARTS) is 1. The summed E-state index contributed by atoms with van der Waals surface area (Å²) >= 11 is 0. The number of nitrogens with zero attached hydrogens (tertiary/aromatic N) is 1. The van der Waals surface area contributed by atoms with Crippen LogP contribution in [0.15, 0.2) is 36.5 Å². The number of aliphatic carboxylic acids is 1. The molecule has 0 aliphatic heterocycles. The number of nitrogens with two attached hydrogens (primary N) is 1. The van der Waals surface area contributed by atoms with Gasteiger partial charge in [-0.1, -0.05) is 18.2 Å². The lowest BCUT2D eigenvalue weighted by Gasteiger charge is -2.09. The minimum atomic E-state index is -1.08. The van der Waals surface area contributed by atoms with Gasteiger partial charge in [0.2, 0.25) is 0 Å². The number of hydrogen-bond donors (Lipinski definition) is 2. The summed E-state index contributed by atoms with van der Waals surface area (Å²) in [4.78, 5) is 19.4. The molecule has 0 aliphatic carbocycles. The van der Waals surface area contributed by atoms with E-state index in [-0.39, 0.29) is 6.42 Å². The van der Waals surface area contributed by atoms with E-state index in [1.54, 1.807) is 6.20 Å². The molecule has 1 heterocycles. The van der Waals surface area contributed by atoms with Crippen molar-refractivity contribution in [3.05, 3.63) is 42.1 Å². The number of pyridine rings is 1. The van der Waals surface area contributed by atoms with Crippen molar-refractivity contribution in [2.75, 3.05) is 0 Å². The zero-order chi connectivity index (χ0) is 12.3. The smallest absolute Gasteiger partial charge is 0.335 e. The number of carboxylic acids is 1. The second-order valence-corrected chi connectivity index (χ2v) is 3.70. The molecule has 2 rings (SSSR count). The molecule has 1 atom stereocenters. The topological polar surface area (TPSA) is 85.4 Å². The standard InChI is InChI=1S/C12H12N2O3/c13-17-11(12(15)16)6-8-5-9-3-1-2-4-10(9)14-7-8/h1-5,7,11H,6,13H2,(H,15,16). The van der Waals surface area contributed by atoms with Gasteiger partial charge in [-0.25, -0.2) is 10.7 Å². The number of aromatic nitrogens is 1. The number of carbonyl (C=O) groups is 1. The maximum atomic E-state index is 10.8. The van der Waals surface area contributed by atoms with Gasteiger partial charge in [0.1, 0.15) is 0 Å². The van der Waals surface area contributed by atoms with Crippen LogP contribution >= 0.6 is 0 Å². The van der Waals surface area contributed by atoms with Gasteiger partial charge in [-0.3, -0.25) is 9.82 Å². The molecule has 3 N–H and O–H groups in total. The molecule has 17 heavy (non-hydrogen) atoms. The Kier molecular flexibility index (Phi) is 3.32. The lowest BCUT2D eigenvalue weighted by atomic mass is 10.1. The van der Waals surface area contributed by atoms with E-state index in [0.29, 0.717) is 0 Å². The van der Waals surface area contributed by atoms with Gasteiger partial charge < -0.3 is 5.11 Å². The van der Waals surface area contributed by atoms with E-state index in [9.17, 15) is 4.79 Å². The first-order valence-electron chi connectivity index (χ1n) is 5.12. The van der Waals surface area contributed by atoms with Crippen LogP contribution in [0.5, 0.6) is 0 Å². The van der Waals surface area contributed by atoms with Gasteiger partial charge in [-0.15, -0.1) is 0 Å². The number of benzene rings is 1. The van der Waals surface area contributed by atoms with Crippen LogP contribution in [0.1, 0.15) is 5.56 Å². The predicted molar refractivity (Wildman–Crippen MR) is 62.1 cm³/mol. The van der Waals surface area contributed by atoms with Crippen LogP contribution in [0.25, 0.3) is 10.9 Å². The monoisotopic (exact) mass is 232 g/mol. The van der Waals surface area contributed by atoms with Crippen molar-refractivity contribution in [2.24, 2.45) is 5.90 Å². The van der Waals surface area contributed by atoms with Gasteiger partial charge in [-0.2, -0.15) is 0 Å². The highest BCUT2D eigenvalue weighted by Gasteiger charge is 2.17. The van der Waals surface area contributed by atoms with Crippen LogP contribution in [0.4, 0.5) is 0 Å². The minimum Gasteiger partial charge on any atom is -0.479 e. The first-order valence-corrected chi connectivity index (χ1v) is 5.12. The third-order valence-electron chi connectivity index (χ3n) is 2.51. The average Bonchev–Trinajstić information content (AvgIpc) is 2.35. The summed E-state index contributed by atoms with van der Waals surface area (Å²) in [5.41, 5.74) is 1.65. The second kappa shape index (κ2) is 4.90. The van der Waals surface area contributed by atoms with Crippen LogP contribution in [-0.4, -0.2) is 22.2 Å². The van der Waals surface area contributed by atoms with Crippen molar-refractivity contribution in [3.8, 4) is 0 Å². The molecular weight excluding hydrogens is 220 g/mol. The zero-order valence-electron chi connectivity index (χ0n) is 9.04. The van der Waals surface area contributed by atoms with Gasteiger partial charge in [0.05, 0.1) is 5.52 Å². The van der Waals surface area contributed by atoms with E-state index in [4.69, 9.17) is 11.0 Å². The van der Waals surface area contributed by atoms with Crippen LogP contribution in [0.3, 0.4) is 0 Å². The molecule has 0 spiro atoms. The normalized spacial score (nSPS) is 12.5. The molecule has 1 aromatic heterocycles. The fraction of sp³-hybridized carbons (Fsp3) is 0.167. The third kappa shape index (κ3) is 2.58. The summed E-state index contributed by atoms with van der Waals surface area (Å²) in [6, 6.07) is 9.51. The van der Waals surface area contributed by atoms with Crippen molar-refractivity contribution >= 4 is 16.9 Å². The van der Waals surface area contributed by atoms with E-state index in [2.05, 4.69) is 9.82 Å². The molecular formula is C12H12N2O3. The maximum absolute atomic E-state index is 10.8. The van der Waals surface area contributed by atoms with E-state index in [1.165, 1.54) is 0 Å². The first kappa shape index (κ1) is 11.5. The number of rotatable bonds is 4. The quantitative estimate of drug-likeness (QED) is 0.771. The van der Waals surface area contributed by atoms with E-state index >= 15 is 0 Å². The third-order valence-corrected chi connectivity index (χ3v) is 2.51. The summed E-state index contributed by atoms with van der Waals surface area (Å²) in [7, 11) is 0. The minimum absolute atomic E-state index is 0.198. The summed E-state index contributed by atoms with van der Waals surface area (Å²) < 4.78 is 0. The molecule has 0 saturated carbocycles. The fourth-order valence-corrected chi connectivity index (χ4v) is 1.64. The Balaban J connectivity index is 2.27. The highest BCUT2D eigenvalue weighted by atomic mass is 16.6. The van der Waals surface area contributed by atoms with Gasteiger partial charge in [-0.05, 0) is 17.7 Å². The summed E-state index contributed by atoms with van der Waals surface area (Å²) in [6.07, 6.45) is 0.791. The lowest BCUT2D eigenvalue weighted by molar-refractivity contribution is -0.150. The maximum Gasteiger partial charge on any atom is 0.335 e. The Morgan fingerprint density at radius 1 is 1.47 bits per heavy atom. The van der Waals surface area contributed by atoms with Gasteiger partial charge in [0.25, 0.3) is 0 Å². The molecule has 5 heteroatoms. The largest absolute Gasteiger partial charge is 0.479 e. The molecule has 0 amide bonds. The second-order valence-electron chi connectivity index (χ2n) is 3.70. The fourth-order valence-electron chi connectivity index (χ4n) is 1.64. The Morgan fingerprint density at radius 3 is 2.94 bits per heavy atom. The highest BCUT2D eigenvalue weighted by Crippen LogP contribution is 2.14. The predicted octanol–water partition coefficient (Wildman–Crippen LogP) is 1.12. The van der Waals surface area contributed by atoms with Crippen molar-refractivity contribution in [1.29, 1.82) is 0 Å². The summed E-state index contributed by atoms with van der Waals surface area (Å²) in [5, 5.41) is 9.79. The molecule has 0 saturated heterocycles. The van der Waals surface area contributed by atoms with Crippen LogP contribution in [0.2, 0.25) is 0 Å². The van der Waals surface area contributed by atoms with Crippen LogP contribution < -0.4 is 5.90 Å². The van der Waals surface area contributed by atoms with Gasteiger partial charge >= 0.3 is 5.97 Å². The van der Waals surface area contributed by atoms with Crippen molar-refractivity contribution in [2.45, 2.75) is 12.5 Å². The van der Waals surface area contributed by atoms with Crippen LogP contribution in [0, 0.1) is 0 Å². The average molecular weight is 232 g/mol. The summed E-state index contributed by atoms with van der Waals surface area (Å²) in [6.45, 7) is 0. The Hall–Kier alpha value is -1.98. The lowest BCUT2D eigenvalue weighted by Crippen LogP contribution is -2.29. The Morgan fingerprint density at radius 2 is 2.24 bits per heavy atom. The Bertz CT molecular complexity index is 542. The van der Waals surface area contributed by atoms with Crippen molar-refractivity contribution in [1.82, 2.24) is 4.98 Å².